The van der Waals surface area contributed by atoms with Gasteiger partial charge in [0, 0.05) is 23.5 Å². The summed E-state index contributed by atoms with van der Waals surface area (Å²) in [6.45, 7) is 0.719. The summed E-state index contributed by atoms with van der Waals surface area (Å²) in [5, 5.41) is 3.50. The van der Waals surface area contributed by atoms with Gasteiger partial charge in [0.1, 0.15) is 5.75 Å². The van der Waals surface area contributed by atoms with Gasteiger partial charge in [0.2, 0.25) is 0 Å². The Balaban J connectivity index is 1.99. The van der Waals surface area contributed by atoms with E-state index in [1.165, 1.54) is 18.6 Å². The van der Waals surface area contributed by atoms with Crippen LogP contribution in [0, 0.1) is 0 Å². The fourth-order valence-electron chi connectivity index (χ4n) is 2.00. The third-order valence-corrected chi connectivity index (χ3v) is 4.38. The number of carbonyl (C=O) groups is 1. The molecule has 0 aliphatic carbocycles. The summed E-state index contributed by atoms with van der Waals surface area (Å²) in [5.74, 6) is 1.62. The number of nitrogens with one attached hydrogen (secondary N) is 1. The van der Waals surface area contributed by atoms with E-state index in [1.807, 2.05) is 11.8 Å². The van der Waals surface area contributed by atoms with Crippen LogP contribution < -0.4 is 15.8 Å². The smallest absolute Gasteiger partial charge is 0.255 e. The van der Waals surface area contributed by atoms with Crippen molar-refractivity contribution in [2.45, 2.75) is 18.1 Å². The van der Waals surface area contributed by atoms with Gasteiger partial charge in [-0.3, -0.25) is 4.79 Å². The summed E-state index contributed by atoms with van der Waals surface area (Å²) in [4.78, 5) is 12.1. The molecule has 1 aliphatic rings. The lowest BCUT2D eigenvalue weighted by atomic mass is 10.1. The number of rotatable bonds is 4. The minimum atomic E-state index is -0.0978. The second kappa shape index (κ2) is 6.00. The van der Waals surface area contributed by atoms with Crippen LogP contribution in [0.4, 0.5) is 5.69 Å². The number of methoxy groups -OCH3 is 1. The van der Waals surface area contributed by atoms with Crippen molar-refractivity contribution >= 4 is 23.4 Å². The molecular weight excluding hydrogens is 248 g/mol. The number of hydrogen-bond acceptors (Lipinski definition) is 4. The van der Waals surface area contributed by atoms with Gasteiger partial charge in [-0.15, -0.1) is 0 Å². The van der Waals surface area contributed by atoms with Gasteiger partial charge in [-0.25, -0.2) is 0 Å². The highest BCUT2D eigenvalue weighted by Crippen LogP contribution is 2.26. The Morgan fingerprint density at radius 3 is 3.11 bits per heavy atom. The highest BCUT2D eigenvalue weighted by molar-refractivity contribution is 8.00. The van der Waals surface area contributed by atoms with Crippen LogP contribution in [0.2, 0.25) is 0 Å². The van der Waals surface area contributed by atoms with Gasteiger partial charge in [0.15, 0.2) is 0 Å². The molecule has 1 unspecified atom stereocenters. The summed E-state index contributed by atoms with van der Waals surface area (Å²) in [6.07, 6.45) is 2.43. The molecular formula is C13H18N2O2S. The van der Waals surface area contributed by atoms with Gasteiger partial charge >= 0.3 is 0 Å². The Morgan fingerprint density at radius 2 is 2.44 bits per heavy atom. The number of amides is 1. The number of nitrogen functional groups attached to an aromatic ring is 1. The van der Waals surface area contributed by atoms with Crippen molar-refractivity contribution in [3.63, 3.8) is 0 Å². The fraction of sp³-hybridized carbons (Fsp3) is 0.462. The quantitative estimate of drug-likeness (QED) is 0.817. The largest absolute Gasteiger partial charge is 0.496 e. The highest BCUT2D eigenvalue weighted by atomic mass is 32.2. The zero-order valence-corrected chi connectivity index (χ0v) is 11.3. The molecule has 1 atom stereocenters. The minimum absolute atomic E-state index is 0.0978. The molecule has 0 aromatic heterocycles. The third kappa shape index (κ3) is 3.10. The van der Waals surface area contributed by atoms with E-state index in [0.29, 0.717) is 22.3 Å². The average Bonchev–Trinajstić information content (AvgIpc) is 2.88. The van der Waals surface area contributed by atoms with Gasteiger partial charge in [0.05, 0.1) is 12.7 Å². The van der Waals surface area contributed by atoms with E-state index < -0.39 is 0 Å². The standard InChI is InChI=1S/C13H18N2O2S/c1-17-12-7-9(14)4-5-11(12)13(16)15-8-10-3-2-6-18-10/h4-5,7,10H,2-3,6,8,14H2,1H3,(H,15,16). The molecule has 1 saturated heterocycles. The second-order valence-electron chi connectivity index (χ2n) is 4.30. The zero-order chi connectivity index (χ0) is 13.0. The van der Waals surface area contributed by atoms with Crippen LogP contribution >= 0.6 is 11.8 Å². The van der Waals surface area contributed by atoms with Crippen LogP contribution in [0.3, 0.4) is 0 Å². The van der Waals surface area contributed by atoms with Crippen molar-refractivity contribution in [2.24, 2.45) is 0 Å². The lowest BCUT2D eigenvalue weighted by Gasteiger charge is -2.12. The van der Waals surface area contributed by atoms with Gasteiger partial charge in [0.25, 0.3) is 5.91 Å². The van der Waals surface area contributed by atoms with Crippen molar-refractivity contribution in [3.8, 4) is 5.75 Å². The zero-order valence-electron chi connectivity index (χ0n) is 10.4. The molecule has 0 saturated carbocycles. The Labute approximate surface area is 111 Å². The molecule has 0 bridgehead atoms. The van der Waals surface area contributed by atoms with Crippen LogP contribution in [0.15, 0.2) is 18.2 Å². The first kappa shape index (κ1) is 13.1. The molecule has 1 aliphatic heterocycles. The maximum absolute atomic E-state index is 12.1. The number of hydrogen-bond donors (Lipinski definition) is 2. The monoisotopic (exact) mass is 266 g/mol. The second-order valence-corrected chi connectivity index (χ2v) is 5.71. The van der Waals surface area contributed by atoms with Crippen LogP contribution in [-0.4, -0.2) is 30.6 Å². The van der Waals surface area contributed by atoms with Crippen molar-refractivity contribution in [1.29, 1.82) is 0 Å². The molecule has 1 amide bonds. The first-order chi connectivity index (χ1) is 8.70. The van der Waals surface area contributed by atoms with Gasteiger partial charge in [-0.2, -0.15) is 11.8 Å². The molecule has 1 aromatic carbocycles. The number of carbonyl (C=O) groups excluding carboxylic acids is 1. The van der Waals surface area contributed by atoms with E-state index in [9.17, 15) is 4.79 Å². The lowest BCUT2D eigenvalue weighted by Crippen LogP contribution is -2.30. The Hall–Kier alpha value is -1.36. The molecule has 1 aromatic rings. The topological polar surface area (TPSA) is 64.3 Å². The van der Waals surface area contributed by atoms with Crippen LogP contribution in [-0.2, 0) is 0 Å². The van der Waals surface area contributed by atoms with E-state index in [2.05, 4.69) is 5.32 Å². The minimum Gasteiger partial charge on any atom is -0.496 e. The summed E-state index contributed by atoms with van der Waals surface area (Å²) in [6, 6.07) is 5.08. The predicted molar refractivity (Wildman–Crippen MR) is 75.2 cm³/mol. The van der Waals surface area contributed by atoms with Gasteiger partial charge < -0.3 is 15.8 Å². The van der Waals surface area contributed by atoms with Crippen molar-refractivity contribution < 1.29 is 9.53 Å². The first-order valence-corrected chi connectivity index (χ1v) is 7.09. The molecule has 18 heavy (non-hydrogen) atoms. The molecule has 0 spiro atoms. The normalized spacial score (nSPS) is 18.6. The van der Waals surface area contributed by atoms with Crippen molar-refractivity contribution in [2.75, 3.05) is 25.1 Å². The van der Waals surface area contributed by atoms with Gasteiger partial charge in [-0.1, -0.05) is 0 Å². The SMILES string of the molecule is COc1cc(N)ccc1C(=O)NCC1CCCS1. The van der Waals surface area contributed by atoms with E-state index in [1.54, 1.807) is 25.3 Å². The summed E-state index contributed by atoms with van der Waals surface area (Å²) >= 11 is 1.93. The van der Waals surface area contributed by atoms with E-state index in [0.717, 1.165) is 6.54 Å². The lowest BCUT2D eigenvalue weighted by molar-refractivity contribution is 0.0950. The Kier molecular flexibility index (Phi) is 4.36. The molecule has 98 valence electrons. The number of benzene rings is 1. The van der Waals surface area contributed by atoms with E-state index in [4.69, 9.17) is 10.5 Å². The van der Waals surface area contributed by atoms with Crippen molar-refractivity contribution in [3.05, 3.63) is 23.8 Å². The van der Waals surface area contributed by atoms with Gasteiger partial charge in [-0.05, 0) is 30.7 Å². The molecule has 1 fully saturated rings. The molecule has 1 heterocycles. The first-order valence-electron chi connectivity index (χ1n) is 6.04. The Bertz CT molecular complexity index is 431. The number of anilines is 1. The molecule has 4 nitrogen and oxygen atoms in total. The van der Waals surface area contributed by atoms with E-state index in [-0.39, 0.29) is 5.91 Å². The highest BCUT2D eigenvalue weighted by Gasteiger charge is 2.18. The maximum atomic E-state index is 12.1. The van der Waals surface area contributed by atoms with E-state index >= 15 is 0 Å². The average molecular weight is 266 g/mol. The number of nitrogens with two attached hydrogens (primary N) is 1. The predicted octanol–water partition coefficient (Wildman–Crippen LogP) is 1.90. The molecule has 0 radical (unpaired) electrons. The Morgan fingerprint density at radius 1 is 1.61 bits per heavy atom. The third-order valence-electron chi connectivity index (χ3n) is 2.98. The summed E-state index contributed by atoms with van der Waals surface area (Å²) in [7, 11) is 1.54. The maximum Gasteiger partial charge on any atom is 0.255 e. The van der Waals surface area contributed by atoms with Crippen LogP contribution in [0.25, 0.3) is 0 Å². The fourth-order valence-corrected chi connectivity index (χ4v) is 3.20. The van der Waals surface area contributed by atoms with Crippen molar-refractivity contribution in [1.82, 2.24) is 5.32 Å². The molecule has 3 N–H and O–H groups in total. The van der Waals surface area contributed by atoms with Crippen LogP contribution in [0.5, 0.6) is 5.75 Å². The van der Waals surface area contributed by atoms with Crippen LogP contribution in [0.1, 0.15) is 23.2 Å². The number of thioether (sulfide) groups is 1. The summed E-state index contributed by atoms with van der Waals surface area (Å²) in [5.41, 5.74) is 6.79. The molecule has 2 rings (SSSR count). The molecule has 5 heteroatoms. The summed E-state index contributed by atoms with van der Waals surface area (Å²) < 4.78 is 5.17. The number of ether oxygens (including phenoxy) is 1.